The van der Waals surface area contributed by atoms with Crippen LogP contribution < -0.4 is 10.6 Å². The molecule has 2 aliphatic rings. The molecule has 1 aromatic heterocycles. The van der Waals surface area contributed by atoms with Gasteiger partial charge in [0.05, 0.1) is 0 Å². The quantitative estimate of drug-likeness (QED) is 0.917. The number of hydrogen-bond acceptors (Lipinski definition) is 3. The molecule has 0 amide bonds. The molecule has 110 valence electrons. The summed E-state index contributed by atoms with van der Waals surface area (Å²) in [6.07, 6.45) is 11.3. The molecule has 20 heavy (non-hydrogen) atoms. The van der Waals surface area contributed by atoms with Crippen molar-refractivity contribution in [2.45, 2.75) is 57.9 Å². The van der Waals surface area contributed by atoms with Crippen LogP contribution in [0.15, 0.2) is 12.3 Å². The van der Waals surface area contributed by atoms with Gasteiger partial charge in [-0.15, -0.1) is 0 Å². The highest BCUT2D eigenvalue weighted by Crippen LogP contribution is 2.38. The number of nitrogens with zero attached hydrogens (tertiary/aromatic N) is 2. The van der Waals surface area contributed by atoms with Crippen LogP contribution >= 0.6 is 0 Å². The molecular formula is C17H27N3. The van der Waals surface area contributed by atoms with E-state index < -0.39 is 0 Å². The zero-order valence-electron chi connectivity index (χ0n) is 12.6. The second-order valence-electron chi connectivity index (χ2n) is 6.47. The molecule has 3 nitrogen and oxygen atoms in total. The largest absolute Gasteiger partial charge is 0.353 e. The lowest BCUT2D eigenvalue weighted by atomic mass is 9.96. The Morgan fingerprint density at radius 1 is 1.25 bits per heavy atom. The maximum absolute atomic E-state index is 5.64. The van der Waals surface area contributed by atoms with E-state index in [9.17, 15) is 0 Å². The summed E-state index contributed by atoms with van der Waals surface area (Å²) in [4.78, 5) is 7.37. The van der Waals surface area contributed by atoms with E-state index in [0.29, 0.717) is 6.54 Å². The molecule has 3 heteroatoms. The van der Waals surface area contributed by atoms with Gasteiger partial charge in [-0.1, -0.05) is 18.9 Å². The summed E-state index contributed by atoms with van der Waals surface area (Å²) in [5, 5.41) is 0. The number of aromatic nitrogens is 1. The first kappa shape index (κ1) is 13.9. The van der Waals surface area contributed by atoms with E-state index >= 15 is 0 Å². The van der Waals surface area contributed by atoms with Crippen LogP contribution in [0.3, 0.4) is 0 Å². The Labute approximate surface area is 122 Å². The summed E-state index contributed by atoms with van der Waals surface area (Å²) in [6.45, 7) is 4.09. The third-order valence-corrected chi connectivity index (χ3v) is 5.06. The van der Waals surface area contributed by atoms with Gasteiger partial charge in [-0.3, -0.25) is 0 Å². The van der Waals surface area contributed by atoms with Crippen LogP contribution in [0, 0.1) is 12.8 Å². The highest BCUT2D eigenvalue weighted by atomic mass is 15.2. The molecule has 0 spiro atoms. The predicted molar refractivity (Wildman–Crippen MR) is 84.1 cm³/mol. The average Bonchev–Trinajstić information content (AvgIpc) is 3.10. The molecule has 0 bridgehead atoms. The van der Waals surface area contributed by atoms with Crippen LogP contribution in [0.5, 0.6) is 0 Å². The number of aryl methyl sites for hydroxylation is 1. The summed E-state index contributed by atoms with van der Waals surface area (Å²) in [6, 6.07) is 3.02. The van der Waals surface area contributed by atoms with Gasteiger partial charge in [-0.05, 0) is 62.6 Å². The molecule has 1 saturated heterocycles. The van der Waals surface area contributed by atoms with Crippen LogP contribution in [0.4, 0.5) is 5.82 Å². The smallest absolute Gasteiger partial charge is 0.131 e. The van der Waals surface area contributed by atoms with Crippen LogP contribution in [-0.2, 0) is 6.42 Å². The number of nitrogens with two attached hydrogens (primary N) is 1. The second kappa shape index (κ2) is 6.13. The Morgan fingerprint density at radius 3 is 2.75 bits per heavy atom. The van der Waals surface area contributed by atoms with Crippen molar-refractivity contribution < 1.29 is 0 Å². The molecule has 1 atom stereocenters. The van der Waals surface area contributed by atoms with E-state index in [-0.39, 0.29) is 0 Å². The molecular weight excluding hydrogens is 246 g/mol. The molecule has 1 aromatic rings. The lowest BCUT2D eigenvalue weighted by molar-refractivity contribution is 0.429. The Kier molecular flexibility index (Phi) is 4.25. The highest BCUT2D eigenvalue weighted by molar-refractivity contribution is 5.49. The summed E-state index contributed by atoms with van der Waals surface area (Å²) in [5.74, 6) is 2.13. The molecule has 1 unspecified atom stereocenters. The molecule has 1 aliphatic heterocycles. The van der Waals surface area contributed by atoms with E-state index in [1.807, 2.05) is 6.20 Å². The fraction of sp³-hybridized carbons (Fsp3) is 0.706. The Hall–Kier alpha value is -1.09. The molecule has 0 aromatic carbocycles. The third kappa shape index (κ3) is 2.69. The van der Waals surface area contributed by atoms with E-state index in [4.69, 9.17) is 10.7 Å². The number of hydrogen-bond donors (Lipinski definition) is 1. The Bertz CT molecular complexity index is 452. The summed E-state index contributed by atoms with van der Waals surface area (Å²) in [7, 11) is 0. The van der Waals surface area contributed by atoms with Crippen molar-refractivity contribution in [1.29, 1.82) is 0 Å². The summed E-state index contributed by atoms with van der Waals surface area (Å²) < 4.78 is 0. The Balaban J connectivity index is 1.80. The van der Waals surface area contributed by atoms with Crippen molar-refractivity contribution >= 4 is 5.82 Å². The monoisotopic (exact) mass is 273 g/mol. The van der Waals surface area contributed by atoms with Gasteiger partial charge < -0.3 is 10.6 Å². The van der Waals surface area contributed by atoms with Gasteiger partial charge in [-0.2, -0.15) is 0 Å². The number of anilines is 1. The van der Waals surface area contributed by atoms with Crippen molar-refractivity contribution in [1.82, 2.24) is 4.98 Å². The van der Waals surface area contributed by atoms with Crippen molar-refractivity contribution in [2.24, 2.45) is 11.7 Å². The zero-order chi connectivity index (χ0) is 13.9. The van der Waals surface area contributed by atoms with Crippen molar-refractivity contribution in [3.63, 3.8) is 0 Å². The minimum absolute atomic E-state index is 0.703. The molecule has 0 radical (unpaired) electrons. The average molecular weight is 273 g/mol. The first-order valence-corrected chi connectivity index (χ1v) is 8.22. The van der Waals surface area contributed by atoms with E-state index in [0.717, 1.165) is 18.4 Å². The van der Waals surface area contributed by atoms with Gasteiger partial charge in [-0.25, -0.2) is 4.98 Å². The molecule has 2 fully saturated rings. The molecule has 1 saturated carbocycles. The van der Waals surface area contributed by atoms with Gasteiger partial charge in [0.1, 0.15) is 5.82 Å². The summed E-state index contributed by atoms with van der Waals surface area (Å²) >= 11 is 0. The predicted octanol–water partition coefficient (Wildman–Crippen LogP) is 3.05. The van der Waals surface area contributed by atoms with Gasteiger partial charge in [0, 0.05) is 18.8 Å². The SMILES string of the molecule is Cc1cc(CCN)cnc1N1CCCC1C1CCCC1. The standard InChI is InChI=1S/C17H27N3/c1-13-11-14(8-9-18)12-19-17(13)20-10-4-7-16(20)15-5-2-3-6-15/h11-12,15-16H,2-10,18H2,1H3. The highest BCUT2D eigenvalue weighted by Gasteiger charge is 2.34. The number of rotatable bonds is 4. The third-order valence-electron chi connectivity index (χ3n) is 5.06. The molecule has 1 aliphatic carbocycles. The fourth-order valence-electron chi connectivity index (χ4n) is 4.12. The summed E-state index contributed by atoms with van der Waals surface area (Å²) in [5.41, 5.74) is 8.23. The van der Waals surface area contributed by atoms with E-state index in [1.165, 1.54) is 62.0 Å². The zero-order valence-corrected chi connectivity index (χ0v) is 12.6. The van der Waals surface area contributed by atoms with Crippen molar-refractivity contribution in [3.05, 3.63) is 23.4 Å². The van der Waals surface area contributed by atoms with Crippen LogP contribution in [-0.4, -0.2) is 24.1 Å². The molecule has 2 heterocycles. The maximum Gasteiger partial charge on any atom is 0.131 e. The van der Waals surface area contributed by atoms with Gasteiger partial charge in [0.15, 0.2) is 0 Å². The second-order valence-corrected chi connectivity index (χ2v) is 6.47. The van der Waals surface area contributed by atoms with Crippen molar-refractivity contribution in [3.8, 4) is 0 Å². The van der Waals surface area contributed by atoms with E-state index in [1.54, 1.807) is 0 Å². The van der Waals surface area contributed by atoms with Gasteiger partial charge in [0.25, 0.3) is 0 Å². The lowest BCUT2D eigenvalue weighted by Gasteiger charge is -2.31. The normalized spacial score (nSPS) is 23.7. The Morgan fingerprint density at radius 2 is 2.05 bits per heavy atom. The fourth-order valence-corrected chi connectivity index (χ4v) is 4.12. The first-order chi connectivity index (χ1) is 9.79. The van der Waals surface area contributed by atoms with Gasteiger partial charge in [0.2, 0.25) is 0 Å². The minimum Gasteiger partial charge on any atom is -0.353 e. The van der Waals surface area contributed by atoms with Crippen LogP contribution in [0.1, 0.15) is 49.7 Å². The lowest BCUT2D eigenvalue weighted by Crippen LogP contribution is -2.35. The molecule has 2 N–H and O–H groups in total. The molecule has 3 rings (SSSR count). The number of pyridine rings is 1. The van der Waals surface area contributed by atoms with Gasteiger partial charge >= 0.3 is 0 Å². The topological polar surface area (TPSA) is 42.1 Å². The minimum atomic E-state index is 0.703. The first-order valence-electron chi connectivity index (χ1n) is 8.22. The maximum atomic E-state index is 5.64. The van der Waals surface area contributed by atoms with Crippen LogP contribution in [0.25, 0.3) is 0 Å². The van der Waals surface area contributed by atoms with Crippen LogP contribution in [0.2, 0.25) is 0 Å². The van der Waals surface area contributed by atoms with E-state index in [2.05, 4.69) is 17.9 Å². The van der Waals surface area contributed by atoms with Crippen molar-refractivity contribution in [2.75, 3.05) is 18.0 Å².